The normalized spacial score (nSPS) is 14.3. The largest absolute Gasteiger partial charge is 0.356 e. The fourth-order valence-electron chi connectivity index (χ4n) is 3.41. The summed E-state index contributed by atoms with van der Waals surface area (Å²) in [4.78, 5) is 15.4. The second-order valence-corrected chi connectivity index (χ2v) is 9.58. The van der Waals surface area contributed by atoms with Gasteiger partial charge in [0.15, 0.2) is 5.03 Å². The molecule has 4 rings (SSSR count). The maximum atomic E-state index is 12.6. The Morgan fingerprint density at radius 2 is 1.71 bits per heavy atom. The summed E-state index contributed by atoms with van der Waals surface area (Å²) in [6, 6.07) is 9.08. The van der Waals surface area contributed by atoms with E-state index in [4.69, 9.17) is 0 Å². The minimum atomic E-state index is -3.75. The van der Waals surface area contributed by atoms with Crippen LogP contribution in [0.25, 0.3) is 0 Å². The van der Waals surface area contributed by atoms with Gasteiger partial charge in [-0.15, -0.1) is 0 Å². The molecule has 3 aromatic rings. The third-order valence-electron chi connectivity index (χ3n) is 5.11. The highest BCUT2D eigenvalue weighted by atomic mass is 32.2. The Hall–Kier alpha value is -3.14. The van der Waals surface area contributed by atoms with E-state index < -0.39 is 10.0 Å². The van der Waals surface area contributed by atoms with Crippen LogP contribution >= 0.6 is 0 Å². The zero-order valence-corrected chi connectivity index (χ0v) is 18.7. The van der Waals surface area contributed by atoms with Crippen LogP contribution in [0.5, 0.6) is 0 Å². The van der Waals surface area contributed by atoms with Gasteiger partial charge in [-0.05, 0) is 57.9 Å². The van der Waals surface area contributed by atoms with Gasteiger partial charge in [0.25, 0.3) is 10.0 Å². The van der Waals surface area contributed by atoms with Crippen molar-refractivity contribution in [2.75, 3.05) is 28.0 Å². The molecule has 0 amide bonds. The minimum absolute atomic E-state index is 0.00833. The average Bonchev–Trinajstić information content (AvgIpc) is 3.42. The van der Waals surface area contributed by atoms with Gasteiger partial charge in [0.2, 0.25) is 5.95 Å². The van der Waals surface area contributed by atoms with Crippen LogP contribution < -0.4 is 14.9 Å². The molecule has 1 aliphatic heterocycles. The van der Waals surface area contributed by atoms with Crippen LogP contribution in [0, 0.1) is 6.92 Å². The number of benzene rings is 1. The molecular formula is C21H27N7O2S. The van der Waals surface area contributed by atoms with Gasteiger partial charge in [-0.1, -0.05) is 0 Å². The number of aromatic nitrogens is 4. The van der Waals surface area contributed by atoms with Gasteiger partial charge in [-0.25, -0.2) is 9.97 Å². The average molecular weight is 442 g/mol. The van der Waals surface area contributed by atoms with Crippen LogP contribution in [0.1, 0.15) is 38.4 Å². The molecular weight excluding hydrogens is 414 g/mol. The lowest BCUT2D eigenvalue weighted by Crippen LogP contribution is -2.19. The molecule has 9 nitrogen and oxygen atoms in total. The number of nitrogens with one attached hydrogen (secondary N) is 2. The summed E-state index contributed by atoms with van der Waals surface area (Å²) in [5, 5.41) is 3.20. The van der Waals surface area contributed by atoms with Gasteiger partial charge < -0.3 is 14.8 Å². The second kappa shape index (κ2) is 8.54. The van der Waals surface area contributed by atoms with Crippen LogP contribution in [-0.2, 0) is 10.0 Å². The van der Waals surface area contributed by atoms with Crippen molar-refractivity contribution in [1.29, 1.82) is 0 Å². The van der Waals surface area contributed by atoms with Crippen LogP contribution in [0.3, 0.4) is 0 Å². The monoisotopic (exact) mass is 441 g/mol. The molecule has 1 aliphatic rings. The Labute approximate surface area is 182 Å². The van der Waals surface area contributed by atoms with E-state index in [2.05, 4.69) is 29.9 Å². The van der Waals surface area contributed by atoms with Crippen molar-refractivity contribution in [3.8, 4) is 0 Å². The molecule has 0 radical (unpaired) electrons. The van der Waals surface area contributed by atoms with Crippen molar-refractivity contribution < 1.29 is 8.42 Å². The zero-order chi connectivity index (χ0) is 22.0. The van der Waals surface area contributed by atoms with E-state index >= 15 is 0 Å². The molecule has 3 heterocycles. The van der Waals surface area contributed by atoms with Crippen molar-refractivity contribution in [2.24, 2.45) is 0 Å². The lowest BCUT2D eigenvalue weighted by molar-refractivity contribution is 0.591. The molecule has 1 saturated heterocycles. The first-order valence-electron chi connectivity index (χ1n) is 10.3. The van der Waals surface area contributed by atoms with Gasteiger partial charge in [0.05, 0.1) is 6.33 Å². The second-order valence-electron chi connectivity index (χ2n) is 7.95. The third kappa shape index (κ3) is 4.96. The van der Waals surface area contributed by atoms with E-state index in [-0.39, 0.29) is 11.1 Å². The molecule has 164 valence electrons. The SMILES string of the molecule is Cc1cc(N2CCCC2)nc(Nc2ccc(NS(=O)(=O)c3cn(C(C)C)cn3)cc2)n1. The highest BCUT2D eigenvalue weighted by Crippen LogP contribution is 2.23. The number of hydrogen-bond donors (Lipinski definition) is 2. The maximum Gasteiger partial charge on any atom is 0.280 e. The van der Waals surface area contributed by atoms with Crippen molar-refractivity contribution in [2.45, 2.75) is 44.7 Å². The molecule has 0 aliphatic carbocycles. The topological polar surface area (TPSA) is 105 Å². The zero-order valence-electron chi connectivity index (χ0n) is 17.9. The Bertz CT molecular complexity index is 1150. The number of hydrogen-bond acceptors (Lipinski definition) is 7. The van der Waals surface area contributed by atoms with E-state index in [1.54, 1.807) is 28.8 Å². The van der Waals surface area contributed by atoms with E-state index in [9.17, 15) is 8.42 Å². The van der Waals surface area contributed by atoms with E-state index in [0.717, 1.165) is 30.3 Å². The molecule has 1 aromatic carbocycles. The first-order chi connectivity index (χ1) is 14.8. The maximum absolute atomic E-state index is 12.6. The summed E-state index contributed by atoms with van der Waals surface area (Å²) in [5.74, 6) is 1.45. The Morgan fingerprint density at radius 3 is 2.35 bits per heavy atom. The van der Waals surface area contributed by atoms with Crippen molar-refractivity contribution in [3.05, 3.63) is 48.5 Å². The molecule has 0 unspecified atom stereocenters. The fourth-order valence-corrected chi connectivity index (χ4v) is 4.41. The Balaban J connectivity index is 1.46. The highest BCUT2D eigenvalue weighted by Gasteiger charge is 2.18. The number of anilines is 4. The summed E-state index contributed by atoms with van der Waals surface area (Å²) in [6.45, 7) is 7.90. The molecule has 1 fully saturated rings. The van der Waals surface area contributed by atoms with Gasteiger partial charge in [0, 0.05) is 48.5 Å². The van der Waals surface area contributed by atoms with Crippen LogP contribution in [0.15, 0.2) is 47.9 Å². The quantitative estimate of drug-likeness (QED) is 0.576. The summed E-state index contributed by atoms with van der Waals surface area (Å²) in [7, 11) is -3.75. The summed E-state index contributed by atoms with van der Waals surface area (Å²) in [5.41, 5.74) is 2.11. The van der Waals surface area contributed by atoms with Crippen LogP contribution in [0.4, 0.5) is 23.1 Å². The highest BCUT2D eigenvalue weighted by molar-refractivity contribution is 7.92. The summed E-state index contributed by atoms with van der Waals surface area (Å²) >= 11 is 0. The summed E-state index contributed by atoms with van der Waals surface area (Å²) in [6.07, 6.45) is 5.41. The predicted molar refractivity (Wildman–Crippen MR) is 121 cm³/mol. The third-order valence-corrected chi connectivity index (χ3v) is 6.38. The molecule has 2 aromatic heterocycles. The van der Waals surface area contributed by atoms with Crippen molar-refractivity contribution in [3.63, 3.8) is 0 Å². The van der Waals surface area contributed by atoms with Crippen molar-refractivity contribution in [1.82, 2.24) is 19.5 Å². The number of nitrogens with zero attached hydrogens (tertiary/aromatic N) is 5. The lowest BCUT2D eigenvalue weighted by atomic mass is 10.3. The van der Waals surface area contributed by atoms with Crippen LogP contribution in [0.2, 0.25) is 0 Å². The molecule has 10 heteroatoms. The molecule has 2 N–H and O–H groups in total. The Kier molecular flexibility index (Phi) is 5.81. The number of imidazole rings is 1. The lowest BCUT2D eigenvalue weighted by Gasteiger charge is -2.17. The first-order valence-corrected chi connectivity index (χ1v) is 11.8. The predicted octanol–water partition coefficient (Wildman–Crippen LogP) is 3.71. The molecule has 0 atom stereocenters. The number of sulfonamides is 1. The van der Waals surface area contributed by atoms with E-state index in [1.165, 1.54) is 25.4 Å². The van der Waals surface area contributed by atoms with E-state index in [0.29, 0.717) is 11.6 Å². The van der Waals surface area contributed by atoms with Gasteiger partial charge in [-0.2, -0.15) is 13.4 Å². The number of rotatable bonds is 7. The van der Waals surface area contributed by atoms with Crippen LogP contribution in [-0.4, -0.2) is 41.0 Å². The first kappa shape index (κ1) is 21.1. The van der Waals surface area contributed by atoms with Gasteiger partial charge in [-0.3, -0.25) is 4.72 Å². The minimum Gasteiger partial charge on any atom is -0.356 e. The van der Waals surface area contributed by atoms with Crippen molar-refractivity contribution >= 4 is 33.2 Å². The fraction of sp³-hybridized carbons (Fsp3) is 0.381. The standard InChI is InChI=1S/C21H27N7O2S/c1-15(2)28-13-20(22-14-28)31(29,30)26-18-8-6-17(7-9-18)24-21-23-16(3)12-19(25-21)27-10-4-5-11-27/h6-9,12-15,26H,4-5,10-11H2,1-3H3,(H,23,24,25). The Morgan fingerprint density at radius 1 is 1.03 bits per heavy atom. The molecule has 0 bridgehead atoms. The molecule has 31 heavy (non-hydrogen) atoms. The summed E-state index contributed by atoms with van der Waals surface area (Å²) < 4.78 is 29.5. The van der Waals surface area contributed by atoms with Gasteiger partial charge >= 0.3 is 0 Å². The smallest absolute Gasteiger partial charge is 0.280 e. The molecule has 0 spiro atoms. The van der Waals surface area contributed by atoms with Gasteiger partial charge in [0.1, 0.15) is 5.82 Å². The number of aryl methyl sites for hydroxylation is 1. The van der Waals surface area contributed by atoms with E-state index in [1.807, 2.05) is 26.8 Å². The molecule has 0 saturated carbocycles.